The smallest absolute Gasteiger partial charge is 0.235 e. The summed E-state index contributed by atoms with van der Waals surface area (Å²) in [4.78, 5) is 10.7. The molecule has 5 heteroatoms. The van der Waals surface area contributed by atoms with Crippen LogP contribution >= 0.6 is 0 Å². The summed E-state index contributed by atoms with van der Waals surface area (Å²) >= 11 is 0. The number of hydrogen-bond donors (Lipinski definition) is 0. The first-order valence-electron chi connectivity index (χ1n) is 17.1. The summed E-state index contributed by atoms with van der Waals surface area (Å²) in [7, 11) is 0. The average Bonchev–Trinajstić information content (AvgIpc) is 3.88. The summed E-state index contributed by atoms with van der Waals surface area (Å²) in [5.74, 6) is 0.574. The third-order valence-corrected chi connectivity index (χ3v) is 10.1. The van der Waals surface area contributed by atoms with Gasteiger partial charge in [-0.2, -0.15) is 0 Å². The Hall–Kier alpha value is -6.98. The fraction of sp³-hybridized carbons (Fsp3) is 0. The number of hydrogen-bond acceptors (Lipinski definition) is 4. The zero-order chi connectivity index (χ0) is 33.5. The Bertz CT molecular complexity index is 3130. The van der Waals surface area contributed by atoms with E-state index >= 15 is 0 Å². The van der Waals surface area contributed by atoms with Crippen LogP contribution in [0.4, 0.5) is 0 Å². The fourth-order valence-electron chi connectivity index (χ4n) is 7.68. The maximum Gasteiger partial charge on any atom is 0.235 e. The van der Waals surface area contributed by atoms with Gasteiger partial charge in [0.2, 0.25) is 5.95 Å². The highest BCUT2D eigenvalue weighted by Crippen LogP contribution is 2.41. The lowest BCUT2D eigenvalue weighted by Crippen LogP contribution is -2.04. The average molecular weight is 654 g/mol. The van der Waals surface area contributed by atoms with Gasteiger partial charge in [0.15, 0.2) is 0 Å². The second kappa shape index (κ2) is 10.8. The molecule has 0 bridgehead atoms. The van der Waals surface area contributed by atoms with Crippen molar-refractivity contribution in [3.8, 4) is 39.6 Å². The normalized spacial score (nSPS) is 11.9. The molecule has 0 aliphatic carbocycles. The highest BCUT2D eigenvalue weighted by Gasteiger charge is 2.22. The van der Waals surface area contributed by atoms with Gasteiger partial charge >= 0.3 is 0 Å². The molecule has 0 radical (unpaired) electrons. The first kappa shape index (κ1) is 27.9. The van der Waals surface area contributed by atoms with Crippen LogP contribution in [0, 0.1) is 0 Å². The largest absolute Gasteiger partial charge is 0.455 e. The molecule has 51 heavy (non-hydrogen) atoms. The van der Waals surface area contributed by atoms with Crippen molar-refractivity contribution in [3.63, 3.8) is 0 Å². The fourth-order valence-corrected chi connectivity index (χ4v) is 7.68. The SMILES string of the molecule is c1ccc(-c2ccc(-c3cc(-c4cccc5c4oc4ccccc45)nc(-n4c5ccccc5c5c6oc7ccccc7c6ccc54)n3)cc2)cc1. The predicted molar refractivity (Wildman–Crippen MR) is 207 cm³/mol. The number of benzene rings is 7. The van der Waals surface area contributed by atoms with Gasteiger partial charge in [0.05, 0.1) is 27.8 Å². The third-order valence-electron chi connectivity index (χ3n) is 10.1. The Balaban J connectivity index is 1.20. The highest BCUT2D eigenvalue weighted by molar-refractivity contribution is 6.23. The molecule has 11 aromatic rings. The van der Waals surface area contributed by atoms with Crippen molar-refractivity contribution < 1.29 is 8.83 Å². The van der Waals surface area contributed by atoms with E-state index in [9.17, 15) is 0 Å². The number of nitrogens with zero attached hydrogens (tertiary/aromatic N) is 3. The van der Waals surface area contributed by atoms with Crippen LogP contribution in [0.25, 0.3) is 105 Å². The Kier molecular flexibility index (Phi) is 5.89. The molecule has 0 aliphatic rings. The summed E-state index contributed by atoms with van der Waals surface area (Å²) in [5.41, 5.74) is 11.2. The highest BCUT2D eigenvalue weighted by atomic mass is 16.3. The molecule has 11 rings (SSSR count). The number of furan rings is 2. The monoisotopic (exact) mass is 653 g/mol. The van der Waals surface area contributed by atoms with E-state index < -0.39 is 0 Å². The van der Waals surface area contributed by atoms with Gasteiger partial charge in [-0.05, 0) is 53.6 Å². The molecule has 5 nitrogen and oxygen atoms in total. The third kappa shape index (κ3) is 4.22. The molecule has 0 atom stereocenters. The number of rotatable bonds is 4. The first-order valence-corrected chi connectivity index (χ1v) is 17.1. The van der Waals surface area contributed by atoms with Crippen LogP contribution in [0.1, 0.15) is 0 Å². The Labute approximate surface area is 291 Å². The summed E-state index contributed by atoms with van der Waals surface area (Å²) < 4.78 is 15.3. The molecule has 0 aliphatic heterocycles. The van der Waals surface area contributed by atoms with E-state index in [4.69, 9.17) is 18.8 Å². The van der Waals surface area contributed by atoms with E-state index in [-0.39, 0.29) is 0 Å². The van der Waals surface area contributed by atoms with Gasteiger partial charge < -0.3 is 8.83 Å². The van der Waals surface area contributed by atoms with Gasteiger partial charge in [-0.3, -0.25) is 4.57 Å². The summed E-state index contributed by atoms with van der Waals surface area (Å²) in [6.45, 7) is 0. The molecule has 0 saturated heterocycles. The molecular formula is C46H27N3O2. The lowest BCUT2D eigenvalue weighted by atomic mass is 10.0. The predicted octanol–water partition coefficient (Wildman–Crippen LogP) is 12.4. The van der Waals surface area contributed by atoms with Crippen LogP contribution in [0.2, 0.25) is 0 Å². The van der Waals surface area contributed by atoms with Crippen LogP contribution < -0.4 is 0 Å². The van der Waals surface area contributed by atoms with Crippen molar-refractivity contribution in [1.29, 1.82) is 0 Å². The summed E-state index contributed by atoms with van der Waals surface area (Å²) in [6.07, 6.45) is 0. The second-order valence-electron chi connectivity index (χ2n) is 12.9. The van der Waals surface area contributed by atoms with Crippen molar-refractivity contribution in [2.24, 2.45) is 0 Å². The van der Waals surface area contributed by atoms with Crippen molar-refractivity contribution in [3.05, 3.63) is 164 Å². The quantitative estimate of drug-likeness (QED) is 0.190. The van der Waals surface area contributed by atoms with Gasteiger partial charge in [0, 0.05) is 38.1 Å². The number of aromatic nitrogens is 3. The zero-order valence-corrected chi connectivity index (χ0v) is 27.2. The number of fused-ring (bicyclic) bond motifs is 10. The molecule has 7 aromatic carbocycles. The van der Waals surface area contributed by atoms with E-state index in [0.717, 1.165) is 93.8 Å². The summed E-state index contributed by atoms with van der Waals surface area (Å²) in [5, 5.41) is 6.45. The van der Waals surface area contributed by atoms with E-state index in [0.29, 0.717) is 5.95 Å². The van der Waals surface area contributed by atoms with Crippen LogP contribution in [0.15, 0.2) is 173 Å². The zero-order valence-electron chi connectivity index (χ0n) is 27.2. The molecular weight excluding hydrogens is 627 g/mol. The first-order chi connectivity index (χ1) is 25.3. The van der Waals surface area contributed by atoms with Crippen molar-refractivity contribution in [1.82, 2.24) is 14.5 Å². The summed E-state index contributed by atoms with van der Waals surface area (Å²) in [6, 6.07) is 56.5. The van der Waals surface area contributed by atoms with E-state index in [2.05, 4.69) is 132 Å². The van der Waals surface area contributed by atoms with E-state index in [1.807, 2.05) is 36.4 Å². The molecule has 0 fully saturated rings. The van der Waals surface area contributed by atoms with Crippen molar-refractivity contribution >= 4 is 65.7 Å². The molecule has 0 saturated carbocycles. The minimum atomic E-state index is 0.574. The molecule has 4 heterocycles. The van der Waals surface area contributed by atoms with Gasteiger partial charge in [0.25, 0.3) is 0 Å². The van der Waals surface area contributed by atoms with Gasteiger partial charge in [-0.1, -0.05) is 121 Å². The van der Waals surface area contributed by atoms with E-state index in [1.165, 1.54) is 5.56 Å². The van der Waals surface area contributed by atoms with Gasteiger partial charge in [-0.25, -0.2) is 9.97 Å². The molecule has 238 valence electrons. The maximum absolute atomic E-state index is 6.57. The topological polar surface area (TPSA) is 57.0 Å². The van der Waals surface area contributed by atoms with Crippen molar-refractivity contribution in [2.75, 3.05) is 0 Å². The lowest BCUT2D eigenvalue weighted by Gasteiger charge is -2.12. The van der Waals surface area contributed by atoms with Crippen LogP contribution in [-0.2, 0) is 0 Å². The molecule has 0 unspecified atom stereocenters. The number of para-hydroxylation sites is 4. The second-order valence-corrected chi connectivity index (χ2v) is 12.9. The Morgan fingerprint density at radius 3 is 1.76 bits per heavy atom. The van der Waals surface area contributed by atoms with Crippen LogP contribution in [0.3, 0.4) is 0 Å². The lowest BCUT2D eigenvalue weighted by molar-refractivity contribution is 0.669. The Morgan fingerprint density at radius 2 is 0.980 bits per heavy atom. The minimum Gasteiger partial charge on any atom is -0.455 e. The van der Waals surface area contributed by atoms with Crippen LogP contribution in [-0.4, -0.2) is 14.5 Å². The Morgan fingerprint density at radius 1 is 0.392 bits per heavy atom. The minimum absolute atomic E-state index is 0.574. The van der Waals surface area contributed by atoms with Gasteiger partial charge in [0.1, 0.15) is 22.3 Å². The standard InChI is InChI=1S/C46H27N3O2/c1-2-11-28(12-3-1)29-21-23-30(24-22-29)37-27-38(35-17-10-16-33-31-13-5-8-19-41(31)50-44(33)35)48-46(47-37)49-39-18-7-4-15-36(39)43-40(49)26-25-34-32-14-6-9-20-42(32)51-45(34)43/h1-27H. The van der Waals surface area contributed by atoms with Crippen LogP contribution in [0.5, 0.6) is 0 Å². The maximum atomic E-state index is 6.57. The van der Waals surface area contributed by atoms with E-state index in [1.54, 1.807) is 0 Å². The van der Waals surface area contributed by atoms with Crippen molar-refractivity contribution in [2.45, 2.75) is 0 Å². The molecule has 4 aromatic heterocycles. The van der Waals surface area contributed by atoms with Gasteiger partial charge in [-0.15, -0.1) is 0 Å². The molecule has 0 N–H and O–H groups in total. The molecule has 0 amide bonds. The molecule has 0 spiro atoms.